The van der Waals surface area contributed by atoms with Crippen LogP contribution in [0.2, 0.25) is 0 Å². The highest BCUT2D eigenvalue weighted by Crippen LogP contribution is 2.35. The maximum Gasteiger partial charge on any atom is 0.258 e. The van der Waals surface area contributed by atoms with Gasteiger partial charge in [-0.2, -0.15) is 9.61 Å². The molecule has 6 rings (SSSR count). The molecule has 2 fully saturated rings. The molecule has 11 nitrogen and oxygen atoms in total. The fraction of sp³-hybridized carbons (Fsp3) is 0.462. The SMILES string of the molecule is CN1CCNC(=O)COc2ccc(F)cc2C(=O)N2CCCC[C@H]2c2cc3nc(NC4COC4)cc1n3n2. The molecule has 0 unspecified atom stereocenters. The summed E-state index contributed by atoms with van der Waals surface area (Å²) in [6.07, 6.45) is 2.48. The van der Waals surface area contributed by atoms with Crippen molar-refractivity contribution in [2.45, 2.75) is 31.3 Å². The molecular weight excluding hydrogens is 493 g/mol. The van der Waals surface area contributed by atoms with Crippen molar-refractivity contribution in [3.63, 3.8) is 0 Å². The highest BCUT2D eigenvalue weighted by Gasteiger charge is 2.33. The van der Waals surface area contributed by atoms with Gasteiger partial charge >= 0.3 is 0 Å². The van der Waals surface area contributed by atoms with Crippen LogP contribution in [0.1, 0.15) is 41.4 Å². The number of fused-ring (bicyclic) bond motifs is 4. The zero-order valence-corrected chi connectivity index (χ0v) is 21.2. The Morgan fingerprint density at radius 2 is 2.00 bits per heavy atom. The zero-order valence-electron chi connectivity index (χ0n) is 21.2. The molecule has 0 radical (unpaired) electrons. The van der Waals surface area contributed by atoms with Gasteiger partial charge in [-0.15, -0.1) is 0 Å². The van der Waals surface area contributed by atoms with Gasteiger partial charge in [-0.1, -0.05) is 0 Å². The lowest BCUT2D eigenvalue weighted by Gasteiger charge is -2.35. The first-order chi connectivity index (χ1) is 18.5. The average Bonchev–Trinajstić information content (AvgIpc) is 3.32. The number of anilines is 2. The van der Waals surface area contributed by atoms with Crippen LogP contribution in [0.3, 0.4) is 0 Å². The van der Waals surface area contributed by atoms with Crippen molar-refractivity contribution in [1.82, 2.24) is 24.8 Å². The summed E-state index contributed by atoms with van der Waals surface area (Å²) in [5.41, 5.74) is 1.46. The molecule has 200 valence electrons. The minimum Gasteiger partial charge on any atom is -0.483 e. The first kappa shape index (κ1) is 24.4. The number of halogens is 1. The van der Waals surface area contributed by atoms with Gasteiger partial charge in [-0.05, 0) is 37.5 Å². The maximum atomic E-state index is 14.3. The lowest BCUT2D eigenvalue weighted by molar-refractivity contribution is -0.123. The van der Waals surface area contributed by atoms with Gasteiger partial charge in [0.1, 0.15) is 23.2 Å². The number of carbonyl (C=O) groups excluding carboxylic acids is 2. The van der Waals surface area contributed by atoms with Crippen molar-refractivity contribution in [3.8, 4) is 5.75 Å². The molecule has 2 saturated heterocycles. The Morgan fingerprint density at radius 1 is 1.13 bits per heavy atom. The summed E-state index contributed by atoms with van der Waals surface area (Å²) >= 11 is 0. The topological polar surface area (TPSA) is 113 Å². The van der Waals surface area contributed by atoms with E-state index in [1.54, 1.807) is 9.42 Å². The first-order valence-corrected chi connectivity index (χ1v) is 12.9. The number of aromatic nitrogens is 3. The molecule has 3 aliphatic heterocycles. The second kappa shape index (κ2) is 10.1. The van der Waals surface area contributed by atoms with E-state index >= 15 is 0 Å². The number of benzene rings is 1. The predicted octanol–water partition coefficient (Wildman–Crippen LogP) is 1.99. The molecular formula is C26H30FN7O4. The van der Waals surface area contributed by atoms with E-state index in [1.165, 1.54) is 18.2 Å². The van der Waals surface area contributed by atoms with Crippen LogP contribution in [0, 0.1) is 5.82 Å². The third kappa shape index (κ3) is 4.71. The molecule has 2 bridgehead atoms. The van der Waals surface area contributed by atoms with Gasteiger partial charge in [0.05, 0.1) is 36.6 Å². The number of hydrogen-bond acceptors (Lipinski definition) is 8. The average molecular weight is 524 g/mol. The minimum atomic E-state index is -0.547. The summed E-state index contributed by atoms with van der Waals surface area (Å²) in [5.74, 6) is 0.437. The molecule has 2 aromatic heterocycles. The van der Waals surface area contributed by atoms with Crippen LogP contribution in [0.4, 0.5) is 16.0 Å². The van der Waals surface area contributed by atoms with Crippen molar-refractivity contribution >= 4 is 29.1 Å². The molecule has 1 atom stereocenters. The van der Waals surface area contributed by atoms with E-state index in [-0.39, 0.29) is 41.8 Å². The Hall–Kier alpha value is -3.93. The zero-order chi connectivity index (χ0) is 26.2. The number of amides is 2. The molecule has 1 aromatic carbocycles. The van der Waals surface area contributed by atoms with E-state index in [0.717, 1.165) is 30.8 Å². The standard InChI is InChI=1S/C26H30FN7O4/c1-32-9-7-28-24(35)15-38-21-6-5-16(27)10-18(21)26(36)33-8-3-2-4-20(33)19-11-23-30-22(29-17-13-37-14-17)12-25(32)34(23)31-19/h5-6,10-12,17,20H,2-4,7-9,13-15H2,1H3,(H,28,35)(H,29,30)/t20-/m0/s1. The Morgan fingerprint density at radius 3 is 2.82 bits per heavy atom. The Bertz CT molecular complexity index is 1380. The summed E-state index contributed by atoms with van der Waals surface area (Å²) < 4.78 is 27.0. The highest BCUT2D eigenvalue weighted by molar-refractivity contribution is 5.97. The van der Waals surface area contributed by atoms with Gasteiger partial charge in [0, 0.05) is 38.8 Å². The van der Waals surface area contributed by atoms with Gasteiger partial charge in [0.2, 0.25) is 0 Å². The van der Waals surface area contributed by atoms with Crippen molar-refractivity contribution in [2.75, 3.05) is 56.7 Å². The Kier molecular flexibility index (Phi) is 6.48. The van der Waals surface area contributed by atoms with Crippen LogP contribution in [0.15, 0.2) is 30.3 Å². The predicted molar refractivity (Wildman–Crippen MR) is 137 cm³/mol. The third-order valence-electron chi connectivity index (χ3n) is 7.21. The van der Waals surface area contributed by atoms with Crippen LogP contribution < -0.4 is 20.3 Å². The van der Waals surface area contributed by atoms with Crippen molar-refractivity contribution in [2.24, 2.45) is 0 Å². The molecule has 3 aliphatic rings. The molecule has 0 aliphatic carbocycles. The summed E-state index contributed by atoms with van der Waals surface area (Å²) in [4.78, 5) is 34.8. The highest BCUT2D eigenvalue weighted by atomic mass is 19.1. The van der Waals surface area contributed by atoms with Gasteiger partial charge in [0.25, 0.3) is 11.8 Å². The van der Waals surface area contributed by atoms with Crippen LogP contribution >= 0.6 is 0 Å². The minimum absolute atomic E-state index is 0.0910. The van der Waals surface area contributed by atoms with Crippen LogP contribution in [-0.2, 0) is 9.53 Å². The van der Waals surface area contributed by atoms with Crippen molar-refractivity contribution in [1.29, 1.82) is 0 Å². The Balaban J connectivity index is 1.44. The van der Waals surface area contributed by atoms with Gasteiger partial charge in [-0.25, -0.2) is 9.37 Å². The number of nitrogens with one attached hydrogen (secondary N) is 2. The molecule has 38 heavy (non-hydrogen) atoms. The number of hydrogen-bond donors (Lipinski definition) is 2. The number of carbonyl (C=O) groups is 2. The smallest absolute Gasteiger partial charge is 0.258 e. The number of nitrogens with zero attached hydrogens (tertiary/aromatic N) is 5. The van der Waals surface area contributed by atoms with Gasteiger partial charge in [0.15, 0.2) is 12.3 Å². The molecule has 2 N–H and O–H groups in total. The lowest BCUT2D eigenvalue weighted by Crippen LogP contribution is -2.40. The quantitative estimate of drug-likeness (QED) is 0.525. The molecule has 5 heterocycles. The van der Waals surface area contributed by atoms with Gasteiger partial charge < -0.3 is 29.9 Å². The van der Waals surface area contributed by atoms with Crippen LogP contribution in [-0.4, -0.2) is 83.9 Å². The molecule has 3 aromatic rings. The van der Waals surface area contributed by atoms with E-state index in [4.69, 9.17) is 19.6 Å². The second-order valence-electron chi connectivity index (χ2n) is 9.93. The van der Waals surface area contributed by atoms with E-state index in [2.05, 4.69) is 10.6 Å². The van der Waals surface area contributed by atoms with E-state index < -0.39 is 5.82 Å². The van der Waals surface area contributed by atoms with Crippen molar-refractivity contribution in [3.05, 3.63) is 47.4 Å². The largest absolute Gasteiger partial charge is 0.483 e. The van der Waals surface area contributed by atoms with Crippen LogP contribution in [0.25, 0.3) is 5.65 Å². The number of likely N-dealkylation sites (N-methyl/N-ethyl adjacent to an activating group) is 1. The normalized spacial score (nSPS) is 20.9. The van der Waals surface area contributed by atoms with E-state index in [9.17, 15) is 14.0 Å². The number of ether oxygens (including phenoxy) is 2. The fourth-order valence-corrected chi connectivity index (χ4v) is 5.12. The van der Waals surface area contributed by atoms with E-state index in [1.807, 2.05) is 24.1 Å². The van der Waals surface area contributed by atoms with Gasteiger partial charge in [-0.3, -0.25) is 9.59 Å². The van der Waals surface area contributed by atoms with E-state index in [0.29, 0.717) is 44.3 Å². The first-order valence-electron chi connectivity index (χ1n) is 12.9. The number of rotatable bonds is 2. The summed E-state index contributed by atoms with van der Waals surface area (Å²) in [6.45, 7) is 2.35. The lowest BCUT2D eigenvalue weighted by atomic mass is 9.98. The summed E-state index contributed by atoms with van der Waals surface area (Å²) in [5, 5.41) is 11.2. The maximum absolute atomic E-state index is 14.3. The molecule has 2 amide bonds. The summed E-state index contributed by atoms with van der Waals surface area (Å²) in [7, 11) is 1.93. The molecule has 12 heteroatoms. The summed E-state index contributed by atoms with van der Waals surface area (Å²) in [6, 6.07) is 7.52. The second-order valence-corrected chi connectivity index (χ2v) is 9.93. The molecule has 0 spiro atoms. The fourth-order valence-electron chi connectivity index (χ4n) is 5.12. The Labute approximate surface area is 218 Å². The third-order valence-corrected chi connectivity index (χ3v) is 7.21. The van der Waals surface area contributed by atoms with Crippen molar-refractivity contribution < 1.29 is 23.5 Å². The monoisotopic (exact) mass is 523 g/mol. The number of piperidine rings is 1. The van der Waals surface area contributed by atoms with Crippen LogP contribution in [0.5, 0.6) is 5.75 Å². The molecule has 0 saturated carbocycles.